The van der Waals surface area contributed by atoms with Gasteiger partial charge in [-0.25, -0.2) is 0 Å². The van der Waals surface area contributed by atoms with E-state index in [-0.39, 0.29) is 11.3 Å². The molecule has 2 atom stereocenters. The topological polar surface area (TPSA) is 4.93 Å². The van der Waals surface area contributed by atoms with Crippen LogP contribution in [0.15, 0.2) is 158 Å². The molecule has 45 heavy (non-hydrogen) atoms. The summed E-state index contributed by atoms with van der Waals surface area (Å²) in [7, 11) is 0. The van der Waals surface area contributed by atoms with Gasteiger partial charge in [0.25, 0.3) is 0 Å². The molecule has 0 N–H and O–H groups in total. The van der Waals surface area contributed by atoms with Crippen molar-refractivity contribution in [2.24, 2.45) is 5.92 Å². The Kier molecular flexibility index (Phi) is 5.26. The molecule has 0 bridgehead atoms. The molecule has 2 unspecified atom stereocenters. The van der Waals surface area contributed by atoms with Crippen molar-refractivity contribution in [3.63, 3.8) is 0 Å². The number of para-hydroxylation sites is 2. The minimum Gasteiger partial charge on any atom is -0.309 e. The van der Waals surface area contributed by atoms with Crippen molar-refractivity contribution in [1.82, 2.24) is 4.57 Å². The maximum atomic E-state index is 2.52. The second kappa shape index (κ2) is 9.41. The molecular weight excluding hydrogens is 563 g/mol. The van der Waals surface area contributed by atoms with Gasteiger partial charge in [-0.15, -0.1) is 11.3 Å². The van der Waals surface area contributed by atoms with Gasteiger partial charge in [-0.1, -0.05) is 127 Å². The molecule has 212 valence electrons. The van der Waals surface area contributed by atoms with E-state index < -0.39 is 0 Å². The molecule has 2 aliphatic rings. The van der Waals surface area contributed by atoms with Crippen LogP contribution in [0, 0.1) is 5.92 Å². The summed E-state index contributed by atoms with van der Waals surface area (Å²) in [5.41, 5.74) is 10.3. The lowest BCUT2D eigenvalue weighted by atomic mass is 9.62. The Labute approximate surface area is 266 Å². The van der Waals surface area contributed by atoms with Crippen LogP contribution >= 0.6 is 11.3 Å². The molecule has 0 saturated heterocycles. The highest BCUT2D eigenvalue weighted by molar-refractivity contribution is 7.26. The third kappa shape index (κ3) is 3.32. The van der Waals surface area contributed by atoms with Gasteiger partial charge in [-0.2, -0.15) is 0 Å². The van der Waals surface area contributed by atoms with Crippen LogP contribution in [0.4, 0.5) is 0 Å². The highest BCUT2D eigenvalue weighted by Crippen LogP contribution is 2.61. The van der Waals surface area contributed by atoms with Gasteiger partial charge in [0.2, 0.25) is 0 Å². The van der Waals surface area contributed by atoms with Crippen LogP contribution in [-0.2, 0) is 5.41 Å². The zero-order valence-electron chi connectivity index (χ0n) is 24.7. The van der Waals surface area contributed by atoms with Crippen LogP contribution in [0.2, 0.25) is 0 Å². The van der Waals surface area contributed by atoms with Crippen LogP contribution < -0.4 is 0 Å². The molecule has 8 aromatic rings. The molecule has 2 aromatic heterocycles. The van der Waals surface area contributed by atoms with Gasteiger partial charge in [0.15, 0.2) is 0 Å². The fourth-order valence-corrected chi connectivity index (χ4v) is 9.79. The van der Waals surface area contributed by atoms with Gasteiger partial charge in [0, 0.05) is 36.6 Å². The van der Waals surface area contributed by atoms with E-state index in [1.165, 1.54) is 75.5 Å². The summed E-state index contributed by atoms with van der Waals surface area (Å²) in [4.78, 5) is 0. The summed E-state index contributed by atoms with van der Waals surface area (Å²) in [5, 5.41) is 5.29. The number of benzene rings is 6. The molecule has 0 fully saturated rings. The standard InChI is InChI=1S/C43H29NS/c1-3-13-28(14-4-1)43(29-15-5-2-6-16-29)37-27-30(44-38-20-10-7-17-32(38)33-18-8-11-21-39(33)44)23-24-31(37)35-25-26-36-34-19-9-12-22-40(34)45-42(36)41(35)43/h1-15,17-27,29H,16H2. The molecular formula is C43H29NS. The first kappa shape index (κ1) is 25.2. The summed E-state index contributed by atoms with van der Waals surface area (Å²) >= 11 is 1.96. The zero-order valence-corrected chi connectivity index (χ0v) is 25.5. The molecule has 1 nitrogen and oxygen atoms in total. The zero-order chi connectivity index (χ0) is 29.5. The van der Waals surface area contributed by atoms with E-state index in [2.05, 4.69) is 162 Å². The molecule has 2 heteroatoms. The second-order valence-electron chi connectivity index (χ2n) is 12.4. The van der Waals surface area contributed by atoms with Gasteiger partial charge in [-0.05, 0) is 70.5 Å². The maximum Gasteiger partial charge on any atom is 0.0544 e. The van der Waals surface area contributed by atoms with Gasteiger partial charge in [-0.3, -0.25) is 0 Å². The van der Waals surface area contributed by atoms with E-state index in [0.29, 0.717) is 0 Å². The number of hydrogen-bond donors (Lipinski definition) is 0. The van der Waals surface area contributed by atoms with E-state index in [4.69, 9.17) is 0 Å². The van der Waals surface area contributed by atoms with E-state index in [9.17, 15) is 0 Å². The second-order valence-corrected chi connectivity index (χ2v) is 13.4. The number of fused-ring (bicyclic) bond motifs is 10. The highest BCUT2D eigenvalue weighted by atomic mass is 32.1. The smallest absolute Gasteiger partial charge is 0.0544 e. The molecule has 6 aromatic carbocycles. The van der Waals surface area contributed by atoms with Gasteiger partial charge < -0.3 is 4.57 Å². The fraction of sp³-hybridized carbons (Fsp3) is 0.0698. The number of allylic oxidation sites excluding steroid dienone is 4. The lowest BCUT2D eigenvalue weighted by Gasteiger charge is -2.40. The largest absolute Gasteiger partial charge is 0.309 e. The molecule has 10 rings (SSSR count). The minimum atomic E-state index is -0.345. The summed E-state index contributed by atoms with van der Waals surface area (Å²) in [6.45, 7) is 0. The van der Waals surface area contributed by atoms with Gasteiger partial charge >= 0.3 is 0 Å². The van der Waals surface area contributed by atoms with Gasteiger partial charge in [0.05, 0.1) is 16.4 Å². The summed E-state index contributed by atoms with van der Waals surface area (Å²) < 4.78 is 5.23. The first-order chi connectivity index (χ1) is 22.3. The number of rotatable bonds is 3. The Bertz CT molecular complexity index is 2470. The van der Waals surface area contributed by atoms with E-state index in [1.54, 1.807) is 0 Å². The van der Waals surface area contributed by atoms with Crippen LogP contribution in [0.5, 0.6) is 0 Å². The predicted molar refractivity (Wildman–Crippen MR) is 192 cm³/mol. The maximum absolute atomic E-state index is 2.52. The van der Waals surface area contributed by atoms with Crippen LogP contribution in [0.25, 0.3) is 58.8 Å². The monoisotopic (exact) mass is 591 g/mol. The molecule has 0 aliphatic heterocycles. The Morgan fingerprint density at radius 3 is 2.04 bits per heavy atom. The highest BCUT2D eigenvalue weighted by Gasteiger charge is 2.50. The molecule has 0 amide bonds. The minimum absolute atomic E-state index is 0.272. The van der Waals surface area contributed by atoms with Crippen LogP contribution in [0.1, 0.15) is 23.1 Å². The van der Waals surface area contributed by atoms with Crippen molar-refractivity contribution in [2.75, 3.05) is 0 Å². The van der Waals surface area contributed by atoms with Crippen molar-refractivity contribution in [3.05, 3.63) is 174 Å². The van der Waals surface area contributed by atoms with Crippen molar-refractivity contribution < 1.29 is 0 Å². The number of hydrogen-bond acceptors (Lipinski definition) is 1. The van der Waals surface area contributed by atoms with Crippen molar-refractivity contribution in [1.29, 1.82) is 0 Å². The van der Waals surface area contributed by atoms with Crippen LogP contribution in [0.3, 0.4) is 0 Å². The Morgan fingerprint density at radius 2 is 1.29 bits per heavy atom. The van der Waals surface area contributed by atoms with Crippen molar-refractivity contribution in [3.8, 4) is 16.8 Å². The quantitative estimate of drug-likeness (QED) is 0.193. The van der Waals surface area contributed by atoms with E-state index in [0.717, 1.165) is 6.42 Å². The SMILES string of the molecule is C1=CCC(C2(c3ccccc3)c3cc(-n4c5ccccc5c5ccccc54)ccc3-c3ccc4c(sc5ccccc54)c32)C=C1. The number of aromatic nitrogens is 1. The lowest BCUT2D eigenvalue weighted by Crippen LogP contribution is -2.35. The predicted octanol–water partition coefficient (Wildman–Crippen LogP) is 11.6. The normalized spacial score (nSPS) is 18.7. The first-order valence-corrected chi connectivity index (χ1v) is 16.6. The number of nitrogens with zero attached hydrogens (tertiary/aromatic N) is 1. The average Bonchev–Trinajstić information content (AvgIpc) is 3.75. The summed E-state index contributed by atoms with van der Waals surface area (Å²) in [5.74, 6) is 0.272. The van der Waals surface area contributed by atoms with Crippen molar-refractivity contribution in [2.45, 2.75) is 11.8 Å². The molecule has 2 aliphatic carbocycles. The third-order valence-electron chi connectivity index (χ3n) is 10.3. The van der Waals surface area contributed by atoms with E-state index >= 15 is 0 Å². The van der Waals surface area contributed by atoms with Crippen LogP contribution in [-0.4, -0.2) is 4.57 Å². The average molecular weight is 592 g/mol. The molecule has 0 saturated carbocycles. The Morgan fingerprint density at radius 1 is 0.600 bits per heavy atom. The Balaban J connectivity index is 1.36. The molecule has 0 radical (unpaired) electrons. The third-order valence-corrected chi connectivity index (χ3v) is 11.5. The first-order valence-electron chi connectivity index (χ1n) is 15.8. The molecule has 2 heterocycles. The van der Waals surface area contributed by atoms with E-state index in [1.807, 2.05) is 11.3 Å². The summed E-state index contributed by atoms with van der Waals surface area (Å²) in [6.07, 6.45) is 10.3. The van der Waals surface area contributed by atoms with Crippen molar-refractivity contribution >= 4 is 53.3 Å². The fourth-order valence-electron chi connectivity index (χ4n) is 8.47. The lowest BCUT2D eigenvalue weighted by molar-refractivity contribution is 0.460. The number of thiophene rings is 1. The Hall–Kier alpha value is -5.18. The van der Waals surface area contributed by atoms with Gasteiger partial charge in [0.1, 0.15) is 0 Å². The molecule has 0 spiro atoms. The summed E-state index contributed by atoms with van der Waals surface area (Å²) in [6, 6.07) is 49.9.